The number of anilines is 1. The van der Waals surface area contributed by atoms with Crippen LogP contribution < -0.4 is 10.2 Å². The lowest BCUT2D eigenvalue weighted by Gasteiger charge is -2.24. The smallest absolute Gasteiger partial charge is 0.299 e. The van der Waals surface area contributed by atoms with Gasteiger partial charge < -0.3 is 5.32 Å². The van der Waals surface area contributed by atoms with E-state index in [9.17, 15) is 14.4 Å². The summed E-state index contributed by atoms with van der Waals surface area (Å²) in [6.07, 6.45) is 4.75. The Balaban J connectivity index is 1.46. The third kappa shape index (κ3) is 2.03. The minimum absolute atomic E-state index is 0.0739. The fourth-order valence-corrected chi connectivity index (χ4v) is 4.22. The summed E-state index contributed by atoms with van der Waals surface area (Å²) in [5.41, 5.74) is 0.931. The number of carbonyl (C=O) groups excluding carboxylic acids is 3. The first kappa shape index (κ1) is 13.5. The van der Waals surface area contributed by atoms with Gasteiger partial charge in [0.2, 0.25) is 5.91 Å². The Kier molecular flexibility index (Phi) is 3.03. The van der Waals surface area contributed by atoms with Gasteiger partial charge in [-0.25, -0.2) is 0 Å². The van der Waals surface area contributed by atoms with Crippen molar-refractivity contribution in [2.75, 3.05) is 11.4 Å². The van der Waals surface area contributed by atoms with Crippen LogP contribution in [-0.4, -0.2) is 30.2 Å². The Morgan fingerprint density at radius 3 is 2.73 bits per heavy atom. The zero-order valence-corrected chi connectivity index (χ0v) is 12.2. The van der Waals surface area contributed by atoms with E-state index in [4.69, 9.17) is 0 Å². The second kappa shape index (κ2) is 4.93. The number of nitrogens with zero attached hydrogens (tertiary/aromatic N) is 1. The van der Waals surface area contributed by atoms with Crippen molar-refractivity contribution < 1.29 is 14.4 Å². The van der Waals surface area contributed by atoms with Gasteiger partial charge in [-0.1, -0.05) is 18.6 Å². The molecule has 1 N–H and O–H groups in total. The van der Waals surface area contributed by atoms with Gasteiger partial charge in [-0.05, 0) is 43.2 Å². The van der Waals surface area contributed by atoms with Crippen molar-refractivity contribution >= 4 is 23.3 Å². The molecule has 2 bridgehead atoms. The molecule has 2 aliphatic carbocycles. The number of rotatable bonds is 3. The number of ketones is 1. The van der Waals surface area contributed by atoms with Crippen molar-refractivity contribution in [1.82, 2.24) is 5.32 Å². The van der Waals surface area contributed by atoms with Gasteiger partial charge in [0.05, 0.1) is 11.3 Å². The SMILES string of the molecule is O=C(CN1C(=O)C(=O)c2ccccc21)NC1CC2CCC1C2. The highest BCUT2D eigenvalue weighted by molar-refractivity contribution is 6.52. The van der Waals surface area contributed by atoms with Gasteiger partial charge in [-0.2, -0.15) is 0 Å². The lowest BCUT2D eigenvalue weighted by atomic mass is 9.95. The lowest BCUT2D eigenvalue weighted by Crippen LogP contribution is -2.45. The highest BCUT2D eigenvalue weighted by Crippen LogP contribution is 2.44. The molecule has 0 saturated heterocycles. The summed E-state index contributed by atoms with van der Waals surface area (Å²) in [6, 6.07) is 7.08. The molecule has 3 atom stereocenters. The maximum Gasteiger partial charge on any atom is 0.299 e. The van der Waals surface area contributed by atoms with E-state index in [0.29, 0.717) is 17.2 Å². The zero-order chi connectivity index (χ0) is 15.3. The quantitative estimate of drug-likeness (QED) is 0.860. The molecule has 1 aromatic carbocycles. The molecule has 2 fully saturated rings. The summed E-state index contributed by atoms with van der Waals surface area (Å²) in [7, 11) is 0. The molecule has 2 amide bonds. The van der Waals surface area contributed by atoms with Crippen LogP contribution in [0.2, 0.25) is 0 Å². The van der Waals surface area contributed by atoms with E-state index < -0.39 is 11.7 Å². The minimum Gasteiger partial charge on any atom is -0.352 e. The van der Waals surface area contributed by atoms with Gasteiger partial charge in [-0.15, -0.1) is 0 Å². The standard InChI is InChI=1S/C17H18N2O3/c20-15(18-13-8-10-5-6-11(13)7-10)9-19-14-4-2-1-3-12(14)16(21)17(19)22/h1-4,10-11,13H,5-9H2,(H,18,20). The Hall–Kier alpha value is -2.17. The number of benzene rings is 1. The first-order valence-electron chi connectivity index (χ1n) is 7.88. The van der Waals surface area contributed by atoms with E-state index in [2.05, 4.69) is 5.32 Å². The lowest BCUT2D eigenvalue weighted by molar-refractivity contribution is -0.123. The molecule has 0 radical (unpaired) electrons. The van der Waals surface area contributed by atoms with Crippen LogP contribution in [-0.2, 0) is 9.59 Å². The first-order valence-corrected chi connectivity index (χ1v) is 7.88. The number of para-hydroxylation sites is 1. The van der Waals surface area contributed by atoms with E-state index >= 15 is 0 Å². The highest BCUT2D eigenvalue weighted by Gasteiger charge is 2.41. The van der Waals surface area contributed by atoms with E-state index in [1.807, 2.05) is 0 Å². The van der Waals surface area contributed by atoms with Crippen LogP contribution in [0.5, 0.6) is 0 Å². The predicted octanol–water partition coefficient (Wildman–Crippen LogP) is 1.52. The third-order valence-electron chi connectivity index (χ3n) is 5.27. The summed E-state index contributed by atoms with van der Waals surface area (Å²) >= 11 is 0. The molecule has 1 aliphatic heterocycles. The molecule has 3 aliphatic rings. The van der Waals surface area contributed by atoms with Crippen molar-refractivity contribution in [3.63, 3.8) is 0 Å². The van der Waals surface area contributed by atoms with Crippen LogP contribution in [0.4, 0.5) is 5.69 Å². The number of fused-ring (bicyclic) bond motifs is 3. The molecule has 1 heterocycles. The van der Waals surface area contributed by atoms with Gasteiger partial charge in [0.1, 0.15) is 6.54 Å². The van der Waals surface area contributed by atoms with Crippen LogP contribution in [0, 0.1) is 11.8 Å². The summed E-state index contributed by atoms with van der Waals surface area (Å²) in [5.74, 6) is 0.0474. The van der Waals surface area contributed by atoms with Crippen LogP contribution in [0.15, 0.2) is 24.3 Å². The van der Waals surface area contributed by atoms with Crippen LogP contribution in [0.25, 0.3) is 0 Å². The monoisotopic (exact) mass is 298 g/mol. The average molecular weight is 298 g/mol. The van der Waals surface area contributed by atoms with Gasteiger partial charge in [-0.3, -0.25) is 19.3 Å². The molecule has 22 heavy (non-hydrogen) atoms. The summed E-state index contributed by atoms with van der Waals surface area (Å²) < 4.78 is 0. The fraction of sp³-hybridized carbons (Fsp3) is 0.471. The minimum atomic E-state index is -0.607. The largest absolute Gasteiger partial charge is 0.352 e. The van der Waals surface area contributed by atoms with E-state index in [1.54, 1.807) is 24.3 Å². The second-order valence-corrected chi connectivity index (χ2v) is 6.59. The Morgan fingerprint density at radius 1 is 1.18 bits per heavy atom. The zero-order valence-electron chi connectivity index (χ0n) is 12.2. The molecule has 114 valence electrons. The molecule has 0 spiro atoms. The number of Topliss-reactive ketones (excluding diaryl/α,β-unsaturated/α-hetero) is 1. The number of hydrogen-bond donors (Lipinski definition) is 1. The van der Waals surface area contributed by atoms with Gasteiger partial charge >= 0.3 is 0 Å². The molecular weight excluding hydrogens is 280 g/mol. The summed E-state index contributed by atoms with van der Waals surface area (Å²) in [5, 5.41) is 3.06. The molecule has 5 nitrogen and oxygen atoms in total. The molecule has 2 saturated carbocycles. The Morgan fingerprint density at radius 2 is 2.00 bits per heavy atom. The highest BCUT2D eigenvalue weighted by atomic mass is 16.2. The molecule has 1 aromatic rings. The maximum absolute atomic E-state index is 12.3. The van der Waals surface area contributed by atoms with E-state index in [-0.39, 0.29) is 18.5 Å². The maximum atomic E-state index is 12.3. The van der Waals surface area contributed by atoms with Gasteiger partial charge in [0, 0.05) is 6.04 Å². The van der Waals surface area contributed by atoms with Crippen LogP contribution >= 0.6 is 0 Å². The molecular formula is C17H18N2O3. The second-order valence-electron chi connectivity index (χ2n) is 6.59. The fourth-order valence-electron chi connectivity index (χ4n) is 4.22. The number of carbonyl (C=O) groups is 3. The van der Waals surface area contributed by atoms with Crippen molar-refractivity contribution in [1.29, 1.82) is 0 Å². The van der Waals surface area contributed by atoms with Crippen molar-refractivity contribution in [3.8, 4) is 0 Å². The normalized spacial score (nSPS) is 29.1. The third-order valence-corrected chi connectivity index (χ3v) is 5.27. The Bertz CT molecular complexity index is 670. The topological polar surface area (TPSA) is 66.5 Å². The van der Waals surface area contributed by atoms with Gasteiger partial charge in [0.25, 0.3) is 11.7 Å². The number of hydrogen-bond acceptors (Lipinski definition) is 3. The molecule has 3 unspecified atom stereocenters. The molecule has 5 heteroatoms. The Labute approximate surface area is 128 Å². The number of amides is 2. The van der Waals surface area contributed by atoms with Crippen LogP contribution in [0.3, 0.4) is 0 Å². The molecule has 4 rings (SSSR count). The summed E-state index contributed by atoms with van der Waals surface area (Å²) in [4.78, 5) is 37.5. The van der Waals surface area contributed by atoms with E-state index in [0.717, 1.165) is 12.3 Å². The number of nitrogens with one attached hydrogen (secondary N) is 1. The molecule has 0 aromatic heterocycles. The van der Waals surface area contributed by atoms with Gasteiger partial charge in [0.15, 0.2) is 0 Å². The summed E-state index contributed by atoms with van der Waals surface area (Å²) in [6.45, 7) is -0.0739. The average Bonchev–Trinajstić information content (AvgIpc) is 3.19. The van der Waals surface area contributed by atoms with E-state index in [1.165, 1.54) is 24.2 Å². The van der Waals surface area contributed by atoms with Crippen molar-refractivity contribution in [3.05, 3.63) is 29.8 Å². The van der Waals surface area contributed by atoms with Crippen LogP contribution in [0.1, 0.15) is 36.0 Å². The van der Waals surface area contributed by atoms with Crippen molar-refractivity contribution in [2.45, 2.75) is 31.7 Å². The predicted molar refractivity (Wildman–Crippen MR) is 80.5 cm³/mol. The van der Waals surface area contributed by atoms with Crippen molar-refractivity contribution in [2.24, 2.45) is 11.8 Å². The first-order chi connectivity index (χ1) is 10.6.